The molecule has 4 nitrogen and oxygen atoms in total. The van der Waals surface area contributed by atoms with Gasteiger partial charge in [-0.2, -0.15) is 0 Å². The van der Waals surface area contributed by atoms with Gasteiger partial charge in [0, 0.05) is 11.8 Å². The van der Waals surface area contributed by atoms with Crippen molar-refractivity contribution < 1.29 is 26.7 Å². The zero-order valence-electron chi connectivity index (χ0n) is 21.1. The van der Waals surface area contributed by atoms with Crippen LogP contribution in [0.1, 0.15) is 76.8 Å². The zero-order valence-corrected chi connectivity index (χ0v) is 21.9. The maximum Gasteiger partial charge on any atom is 0.309 e. The second-order valence-corrected chi connectivity index (χ2v) is 11.0. The van der Waals surface area contributed by atoms with Crippen molar-refractivity contribution in [2.24, 2.45) is 5.92 Å². The molecule has 2 rings (SSSR count). The fraction of sp³-hybridized carbons (Fsp3) is 0.464. The van der Waals surface area contributed by atoms with Gasteiger partial charge in [-0.1, -0.05) is 64.2 Å². The number of carbonyl (C=O) groups excluding carboxylic acids is 1. The van der Waals surface area contributed by atoms with Gasteiger partial charge in [-0.25, -0.2) is 17.2 Å². The number of ether oxygens (including phenoxy) is 1. The molecule has 0 spiro atoms. The molecule has 0 fully saturated rings. The molecule has 0 unspecified atom stereocenters. The van der Waals surface area contributed by atoms with E-state index in [-0.39, 0.29) is 23.4 Å². The molecule has 0 amide bonds. The van der Waals surface area contributed by atoms with Crippen LogP contribution in [0.3, 0.4) is 0 Å². The molecule has 0 aliphatic carbocycles. The topological polar surface area (TPSA) is 60.4 Å². The van der Waals surface area contributed by atoms with E-state index in [4.69, 9.17) is 4.74 Å². The summed E-state index contributed by atoms with van der Waals surface area (Å²) in [5.41, 5.74) is 2.30. The lowest BCUT2D eigenvalue weighted by Gasteiger charge is -2.18. The molecule has 35 heavy (non-hydrogen) atoms. The number of benzene rings is 2. The van der Waals surface area contributed by atoms with Crippen molar-refractivity contribution in [2.45, 2.75) is 70.6 Å². The van der Waals surface area contributed by atoms with Gasteiger partial charge in [-0.3, -0.25) is 4.79 Å². The number of carbonyl (C=O) groups is 1. The summed E-state index contributed by atoms with van der Waals surface area (Å²) in [4.78, 5) is 13.1. The molecular weight excluding hydrogens is 470 g/mol. The average Bonchev–Trinajstić information content (AvgIpc) is 2.82. The highest BCUT2D eigenvalue weighted by Crippen LogP contribution is 2.29. The second kappa shape index (κ2) is 13.5. The van der Waals surface area contributed by atoms with E-state index in [1.807, 2.05) is 6.92 Å². The second-order valence-electron chi connectivity index (χ2n) is 8.97. The van der Waals surface area contributed by atoms with Gasteiger partial charge in [-0.15, -0.1) is 0 Å². The van der Waals surface area contributed by atoms with Gasteiger partial charge in [0.1, 0.15) is 6.61 Å². The van der Waals surface area contributed by atoms with Gasteiger partial charge in [0.15, 0.2) is 21.5 Å². The van der Waals surface area contributed by atoms with Crippen LogP contribution in [0.15, 0.2) is 47.4 Å². The van der Waals surface area contributed by atoms with Crippen LogP contribution in [0, 0.1) is 17.6 Å². The highest BCUT2D eigenvalue weighted by Gasteiger charge is 2.21. The Morgan fingerprint density at radius 2 is 1.54 bits per heavy atom. The largest absolute Gasteiger partial charge is 0.461 e. The third-order valence-corrected chi connectivity index (χ3v) is 7.30. The summed E-state index contributed by atoms with van der Waals surface area (Å²) in [6.45, 7) is 5.86. The quantitative estimate of drug-likeness (QED) is 0.163. The van der Waals surface area contributed by atoms with Crippen LogP contribution < -0.4 is 0 Å². The SMILES string of the molecule is CCCCCC[C@@H](CCC)C(=O)OCC(=C(C)c1ccc(F)c(F)c1)c1ccc(S(C)(=O)=O)cc1. The highest BCUT2D eigenvalue weighted by atomic mass is 32.2. The number of hydrogen-bond donors (Lipinski definition) is 0. The molecule has 0 aliphatic rings. The fourth-order valence-electron chi connectivity index (χ4n) is 4.02. The first kappa shape index (κ1) is 28.7. The van der Waals surface area contributed by atoms with Gasteiger partial charge in [0.05, 0.1) is 10.8 Å². The molecule has 0 saturated carbocycles. The number of esters is 1. The molecule has 0 saturated heterocycles. The van der Waals surface area contributed by atoms with E-state index in [0.29, 0.717) is 22.3 Å². The minimum absolute atomic E-state index is 0.0585. The Hall–Kier alpha value is -2.54. The van der Waals surface area contributed by atoms with Gasteiger partial charge in [-0.05, 0) is 60.7 Å². The normalized spacial score (nSPS) is 13.3. The molecule has 7 heteroatoms. The number of rotatable bonds is 13. The van der Waals surface area contributed by atoms with Crippen LogP contribution in [0.2, 0.25) is 0 Å². The van der Waals surface area contributed by atoms with Crippen molar-refractivity contribution in [3.63, 3.8) is 0 Å². The summed E-state index contributed by atoms with van der Waals surface area (Å²) >= 11 is 0. The van der Waals surface area contributed by atoms with E-state index >= 15 is 0 Å². The monoisotopic (exact) mass is 506 g/mol. The van der Waals surface area contributed by atoms with E-state index in [1.54, 1.807) is 19.1 Å². The summed E-state index contributed by atoms with van der Waals surface area (Å²) in [6.07, 6.45) is 7.83. The first-order chi connectivity index (χ1) is 16.6. The summed E-state index contributed by atoms with van der Waals surface area (Å²) in [5.74, 6) is -2.38. The van der Waals surface area contributed by atoms with Crippen molar-refractivity contribution in [3.05, 3.63) is 65.2 Å². The number of allylic oxidation sites excluding steroid dienone is 1. The molecule has 2 aromatic rings. The van der Waals surface area contributed by atoms with Gasteiger partial charge >= 0.3 is 5.97 Å². The fourth-order valence-corrected chi connectivity index (χ4v) is 4.65. The van der Waals surface area contributed by atoms with Crippen molar-refractivity contribution in [1.82, 2.24) is 0 Å². The smallest absolute Gasteiger partial charge is 0.309 e. The molecule has 0 radical (unpaired) electrons. The Labute approximate surface area is 208 Å². The molecule has 0 heterocycles. The van der Waals surface area contributed by atoms with Crippen LogP contribution in [-0.2, 0) is 19.4 Å². The predicted molar refractivity (Wildman–Crippen MR) is 137 cm³/mol. The van der Waals surface area contributed by atoms with Crippen molar-refractivity contribution in [2.75, 3.05) is 12.9 Å². The highest BCUT2D eigenvalue weighted by molar-refractivity contribution is 7.90. The summed E-state index contributed by atoms with van der Waals surface area (Å²) in [5, 5.41) is 0. The molecule has 0 bridgehead atoms. The third kappa shape index (κ3) is 8.57. The Balaban J connectivity index is 2.35. The van der Waals surface area contributed by atoms with Gasteiger partial charge in [0.25, 0.3) is 0 Å². The van der Waals surface area contributed by atoms with Crippen molar-refractivity contribution >= 4 is 27.0 Å². The van der Waals surface area contributed by atoms with Crippen LogP contribution in [0.5, 0.6) is 0 Å². The first-order valence-electron chi connectivity index (χ1n) is 12.2. The van der Waals surface area contributed by atoms with E-state index in [1.165, 1.54) is 18.2 Å². The lowest BCUT2D eigenvalue weighted by Crippen LogP contribution is -2.19. The van der Waals surface area contributed by atoms with Gasteiger partial charge in [0.2, 0.25) is 0 Å². The Bertz CT molecular complexity index is 1120. The van der Waals surface area contributed by atoms with Crippen LogP contribution in [0.4, 0.5) is 8.78 Å². The Morgan fingerprint density at radius 1 is 0.886 bits per heavy atom. The van der Waals surface area contributed by atoms with Crippen molar-refractivity contribution in [3.8, 4) is 0 Å². The number of sulfone groups is 1. The molecule has 0 aliphatic heterocycles. The van der Waals surface area contributed by atoms with Crippen molar-refractivity contribution in [1.29, 1.82) is 0 Å². The average molecular weight is 507 g/mol. The maximum absolute atomic E-state index is 13.9. The van der Waals surface area contributed by atoms with E-state index in [2.05, 4.69) is 6.92 Å². The molecule has 192 valence electrons. The number of halogens is 2. The van der Waals surface area contributed by atoms with E-state index < -0.39 is 21.5 Å². The van der Waals surface area contributed by atoms with Gasteiger partial charge < -0.3 is 4.74 Å². The minimum atomic E-state index is -3.38. The standard InChI is InChI=1S/C28H36F2O4S/c1-5-7-8-9-11-22(10-6-2)28(31)34-19-25(20(3)23-14-17-26(29)27(30)18-23)21-12-15-24(16-13-21)35(4,32)33/h12-18,22H,5-11,19H2,1-4H3/t22-/m1/s1. The molecule has 0 N–H and O–H groups in total. The van der Waals surface area contributed by atoms with Crippen LogP contribution in [-0.4, -0.2) is 27.2 Å². The maximum atomic E-state index is 13.9. The summed E-state index contributed by atoms with van der Waals surface area (Å²) < 4.78 is 56.9. The summed E-state index contributed by atoms with van der Waals surface area (Å²) in [6, 6.07) is 9.86. The lowest BCUT2D eigenvalue weighted by atomic mass is 9.95. The zero-order chi connectivity index (χ0) is 26.0. The molecule has 1 atom stereocenters. The minimum Gasteiger partial charge on any atom is -0.461 e. The van der Waals surface area contributed by atoms with E-state index in [0.717, 1.165) is 63.3 Å². The van der Waals surface area contributed by atoms with E-state index in [9.17, 15) is 22.0 Å². The lowest BCUT2D eigenvalue weighted by molar-refractivity contribution is -0.147. The number of hydrogen-bond acceptors (Lipinski definition) is 4. The van der Waals surface area contributed by atoms with Crippen LogP contribution >= 0.6 is 0 Å². The molecule has 2 aromatic carbocycles. The Morgan fingerprint density at radius 3 is 2.11 bits per heavy atom. The first-order valence-corrected chi connectivity index (χ1v) is 14.1. The Kier molecular flexibility index (Phi) is 11.1. The molecule has 0 aromatic heterocycles. The predicted octanol–water partition coefficient (Wildman–Crippen LogP) is 7.23. The third-order valence-electron chi connectivity index (χ3n) is 6.17. The number of unbranched alkanes of at least 4 members (excludes halogenated alkanes) is 3. The summed E-state index contributed by atoms with van der Waals surface area (Å²) in [7, 11) is -3.38. The van der Waals surface area contributed by atoms with Crippen LogP contribution in [0.25, 0.3) is 11.1 Å². The molecular formula is C28H36F2O4S.